The van der Waals surface area contributed by atoms with E-state index in [0.717, 1.165) is 0 Å². The van der Waals surface area contributed by atoms with E-state index in [1.165, 1.54) is 6.92 Å². The smallest absolute Gasteiger partial charge is 0.306 e. The zero-order valence-corrected chi connectivity index (χ0v) is 9.64. The number of carboxylic acids is 1. The second kappa shape index (κ2) is 5.44. The molecule has 1 heterocycles. The highest BCUT2D eigenvalue weighted by Gasteiger charge is 2.30. The normalized spacial score (nSPS) is 27.5. The molecule has 0 spiro atoms. The first kappa shape index (κ1) is 13.9. The van der Waals surface area contributed by atoms with Gasteiger partial charge in [-0.3, -0.25) is 9.59 Å². The number of nitrogens with one attached hydrogen (secondary N) is 2. The summed E-state index contributed by atoms with van der Waals surface area (Å²) in [5.74, 6) is -1.47. The molecular formula is C10H18N2O5. The second-order valence-electron chi connectivity index (χ2n) is 4.64. The van der Waals surface area contributed by atoms with Crippen molar-refractivity contribution in [1.82, 2.24) is 10.6 Å². The molecule has 98 valence electrons. The summed E-state index contributed by atoms with van der Waals surface area (Å²) in [6.07, 6.45) is -0.647. The number of aliphatic hydroxyl groups excluding tert-OH is 1. The molecule has 0 bridgehead atoms. The zero-order valence-electron chi connectivity index (χ0n) is 9.64. The van der Waals surface area contributed by atoms with Crippen molar-refractivity contribution in [2.45, 2.75) is 37.5 Å². The Kier molecular flexibility index (Phi) is 4.44. The van der Waals surface area contributed by atoms with E-state index >= 15 is 0 Å². The van der Waals surface area contributed by atoms with Crippen molar-refractivity contribution in [2.24, 2.45) is 0 Å². The molecule has 0 aromatic carbocycles. The molecule has 1 aliphatic rings. The minimum atomic E-state index is -1.47. The van der Waals surface area contributed by atoms with Crippen LogP contribution in [0.2, 0.25) is 0 Å². The van der Waals surface area contributed by atoms with Gasteiger partial charge in [-0.15, -0.1) is 0 Å². The fourth-order valence-corrected chi connectivity index (χ4v) is 1.71. The highest BCUT2D eigenvalue weighted by molar-refractivity contribution is 5.82. The van der Waals surface area contributed by atoms with Gasteiger partial charge in [0.05, 0.1) is 24.2 Å². The molecule has 5 N–H and O–H groups in total. The van der Waals surface area contributed by atoms with Gasteiger partial charge in [-0.25, -0.2) is 0 Å². The summed E-state index contributed by atoms with van der Waals surface area (Å²) in [5, 5.41) is 32.7. The molecule has 0 aliphatic carbocycles. The minimum Gasteiger partial charge on any atom is -0.481 e. The van der Waals surface area contributed by atoms with Crippen LogP contribution in [0.3, 0.4) is 0 Å². The van der Waals surface area contributed by atoms with E-state index in [9.17, 15) is 19.8 Å². The van der Waals surface area contributed by atoms with Crippen molar-refractivity contribution in [3.63, 3.8) is 0 Å². The summed E-state index contributed by atoms with van der Waals surface area (Å²) in [6, 6.07) is -0.481. The average Bonchev–Trinajstić information content (AvgIpc) is 2.59. The molecule has 1 amide bonds. The van der Waals surface area contributed by atoms with Gasteiger partial charge in [0.15, 0.2) is 0 Å². The van der Waals surface area contributed by atoms with E-state index in [1.54, 1.807) is 0 Å². The van der Waals surface area contributed by atoms with Gasteiger partial charge in [0, 0.05) is 13.1 Å². The summed E-state index contributed by atoms with van der Waals surface area (Å²) < 4.78 is 0. The Morgan fingerprint density at radius 2 is 2.18 bits per heavy atom. The van der Waals surface area contributed by atoms with Crippen LogP contribution in [0.25, 0.3) is 0 Å². The van der Waals surface area contributed by atoms with Crippen molar-refractivity contribution in [3.8, 4) is 0 Å². The Balaban J connectivity index is 2.34. The number of hydrogen-bond acceptors (Lipinski definition) is 5. The maximum atomic E-state index is 11.6. The number of aliphatic hydroxyl groups is 2. The van der Waals surface area contributed by atoms with Crippen LogP contribution in [0, 0.1) is 0 Å². The van der Waals surface area contributed by atoms with Crippen LogP contribution >= 0.6 is 0 Å². The van der Waals surface area contributed by atoms with Crippen LogP contribution in [0.5, 0.6) is 0 Å². The molecule has 0 saturated carbocycles. The van der Waals surface area contributed by atoms with Crippen molar-refractivity contribution in [3.05, 3.63) is 0 Å². The number of aliphatic carboxylic acids is 1. The van der Waals surface area contributed by atoms with Crippen molar-refractivity contribution >= 4 is 11.9 Å². The van der Waals surface area contributed by atoms with E-state index in [0.29, 0.717) is 13.0 Å². The maximum Gasteiger partial charge on any atom is 0.306 e. The predicted octanol–water partition coefficient (Wildman–Crippen LogP) is -1.95. The molecule has 3 unspecified atom stereocenters. The average molecular weight is 246 g/mol. The van der Waals surface area contributed by atoms with Crippen molar-refractivity contribution in [2.75, 3.05) is 13.1 Å². The molecule has 7 nitrogen and oxygen atoms in total. The molecule has 7 heteroatoms. The summed E-state index contributed by atoms with van der Waals surface area (Å²) in [5.41, 5.74) is -1.47. The third kappa shape index (κ3) is 4.68. The van der Waals surface area contributed by atoms with E-state index in [-0.39, 0.29) is 12.5 Å². The number of amides is 1. The number of carbonyl (C=O) groups is 2. The van der Waals surface area contributed by atoms with E-state index in [2.05, 4.69) is 10.6 Å². The monoisotopic (exact) mass is 246 g/mol. The third-order valence-electron chi connectivity index (χ3n) is 2.60. The molecule has 1 fully saturated rings. The highest BCUT2D eigenvalue weighted by Crippen LogP contribution is 2.09. The molecular weight excluding hydrogens is 228 g/mol. The second-order valence-corrected chi connectivity index (χ2v) is 4.64. The van der Waals surface area contributed by atoms with Gasteiger partial charge in [-0.1, -0.05) is 0 Å². The number of carboxylic acid groups (broad SMARTS) is 1. The first-order chi connectivity index (χ1) is 7.80. The lowest BCUT2D eigenvalue weighted by molar-refractivity contribution is -0.142. The molecule has 1 aliphatic heterocycles. The number of hydrogen-bond donors (Lipinski definition) is 5. The molecule has 1 saturated heterocycles. The Hall–Kier alpha value is -1.18. The van der Waals surface area contributed by atoms with Crippen molar-refractivity contribution in [1.29, 1.82) is 0 Å². The first-order valence-corrected chi connectivity index (χ1v) is 5.43. The molecule has 0 aromatic heterocycles. The van der Waals surface area contributed by atoms with Crippen LogP contribution in [0.1, 0.15) is 19.8 Å². The lowest BCUT2D eigenvalue weighted by Crippen LogP contribution is -2.47. The van der Waals surface area contributed by atoms with Crippen LogP contribution in [0.4, 0.5) is 0 Å². The van der Waals surface area contributed by atoms with Crippen LogP contribution in [-0.2, 0) is 9.59 Å². The fraction of sp³-hybridized carbons (Fsp3) is 0.800. The molecule has 3 atom stereocenters. The lowest BCUT2D eigenvalue weighted by Gasteiger charge is -2.22. The number of β-amino-alcohol motifs (C(OH)–C–C–N with tert-alkyl or cyclic N) is 1. The SMILES string of the molecule is CC(O)(CNC(=O)C1CC(O)CN1)CC(=O)O. The maximum absolute atomic E-state index is 11.6. The van der Waals surface area contributed by atoms with Gasteiger partial charge in [-0.2, -0.15) is 0 Å². The Labute approximate surface area is 98.8 Å². The summed E-state index contributed by atoms with van der Waals surface area (Å²) in [7, 11) is 0. The predicted molar refractivity (Wildman–Crippen MR) is 58.3 cm³/mol. The number of carbonyl (C=O) groups excluding carboxylic acids is 1. The van der Waals surface area contributed by atoms with E-state index in [4.69, 9.17) is 5.11 Å². The standard InChI is InChI=1S/C10H18N2O5/c1-10(17,3-8(14)15)5-12-9(16)7-2-6(13)4-11-7/h6-7,11,13,17H,2-5H2,1H3,(H,12,16)(H,14,15). The van der Waals surface area contributed by atoms with Gasteiger partial charge < -0.3 is 26.0 Å². The van der Waals surface area contributed by atoms with Crippen LogP contribution < -0.4 is 10.6 Å². The van der Waals surface area contributed by atoms with E-state index in [1.807, 2.05) is 0 Å². The molecule has 17 heavy (non-hydrogen) atoms. The Morgan fingerprint density at radius 3 is 2.65 bits per heavy atom. The van der Waals surface area contributed by atoms with Crippen LogP contribution in [0.15, 0.2) is 0 Å². The van der Waals surface area contributed by atoms with Crippen molar-refractivity contribution < 1.29 is 24.9 Å². The van der Waals surface area contributed by atoms with Gasteiger partial charge in [0.2, 0.25) is 5.91 Å². The molecule has 1 rings (SSSR count). The topological polar surface area (TPSA) is 119 Å². The minimum absolute atomic E-state index is 0.133. The van der Waals surface area contributed by atoms with Crippen LogP contribution in [-0.4, -0.2) is 58.0 Å². The highest BCUT2D eigenvalue weighted by atomic mass is 16.4. The lowest BCUT2D eigenvalue weighted by atomic mass is 10.0. The Bertz CT molecular complexity index is 305. The largest absolute Gasteiger partial charge is 0.481 e. The molecule has 0 radical (unpaired) electrons. The van der Waals surface area contributed by atoms with Gasteiger partial charge in [0.25, 0.3) is 0 Å². The number of rotatable bonds is 5. The Morgan fingerprint density at radius 1 is 1.53 bits per heavy atom. The van der Waals surface area contributed by atoms with Gasteiger partial charge in [-0.05, 0) is 13.3 Å². The fourth-order valence-electron chi connectivity index (χ4n) is 1.71. The van der Waals surface area contributed by atoms with E-state index < -0.39 is 30.1 Å². The van der Waals surface area contributed by atoms with Gasteiger partial charge in [0.1, 0.15) is 0 Å². The molecule has 0 aromatic rings. The third-order valence-corrected chi connectivity index (χ3v) is 2.60. The summed E-state index contributed by atoms with van der Waals surface area (Å²) >= 11 is 0. The quantitative estimate of drug-likeness (QED) is 0.385. The summed E-state index contributed by atoms with van der Waals surface area (Å²) in [4.78, 5) is 22.0. The summed E-state index contributed by atoms with van der Waals surface area (Å²) in [6.45, 7) is 1.58. The zero-order chi connectivity index (χ0) is 13.1. The van der Waals surface area contributed by atoms with Gasteiger partial charge >= 0.3 is 5.97 Å². The first-order valence-electron chi connectivity index (χ1n) is 5.43.